The molecule has 10 heteroatoms. The number of methoxy groups -OCH3 is 3. The number of aromatic nitrogens is 3. The van der Waals surface area contributed by atoms with Crippen LogP contribution in [0.5, 0.6) is 17.2 Å². The molecule has 0 spiro atoms. The minimum absolute atomic E-state index is 0.218. The third kappa shape index (κ3) is 6.00. The van der Waals surface area contributed by atoms with E-state index < -0.39 is 0 Å². The maximum atomic E-state index is 12.6. The van der Waals surface area contributed by atoms with Crippen molar-refractivity contribution in [3.05, 3.63) is 65.5 Å². The Labute approximate surface area is 191 Å². The molecule has 0 aliphatic rings. The number of hydrogen-bond donors (Lipinski definition) is 2. The summed E-state index contributed by atoms with van der Waals surface area (Å²) in [6, 6.07) is 13.1. The molecule has 0 aliphatic heterocycles. The Morgan fingerprint density at radius 1 is 0.879 bits per heavy atom. The van der Waals surface area contributed by atoms with Crippen LogP contribution in [0.25, 0.3) is 0 Å². The number of nitrogens with one attached hydrogen (secondary N) is 2. The van der Waals surface area contributed by atoms with E-state index in [1.807, 2.05) is 30.3 Å². The van der Waals surface area contributed by atoms with Crippen molar-refractivity contribution >= 4 is 11.8 Å². The van der Waals surface area contributed by atoms with Crippen molar-refractivity contribution in [1.29, 1.82) is 0 Å². The highest BCUT2D eigenvalue weighted by Crippen LogP contribution is 2.39. The number of carbonyl (C=O) groups is 2. The van der Waals surface area contributed by atoms with Crippen molar-refractivity contribution in [2.45, 2.75) is 13.0 Å². The molecule has 3 aromatic rings. The van der Waals surface area contributed by atoms with Gasteiger partial charge in [-0.2, -0.15) is 0 Å². The maximum absolute atomic E-state index is 12.6. The lowest BCUT2D eigenvalue weighted by atomic mass is 10.1. The molecule has 0 saturated carbocycles. The molecule has 2 N–H and O–H groups in total. The molecule has 0 atom stereocenters. The molecule has 0 saturated heterocycles. The van der Waals surface area contributed by atoms with Gasteiger partial charge in [0, 0.05) is 13.1 Å². The van der Waals surface area contributed by atoms with Crippen LogP contribution in [0.2, 0.25) is 0 Å². The second kappa shape index (κ2) is 11.5. The monoisotopic (exact) mass is 453 g/mol. The van der Waals surface area contributed by atoms with E-state index >= 15 is 0 Å². The van der Waals surface area contributed by atoms with Gasteiger partial charge in [-0.15, -0.1) is 5.10 Å². The predicted octanol–water partition coefficient (Wildman–Crippen LogP) is 1.71. The molecule has 174 valence electrons. The van der Waals surface area contributed by atoms with Gasteiger partial charge in [-0.25, -0.2) is 4.68 Å². The van der Waals surface area contributed by atoms with Crippen LogP contribution in [0.15, 0.2) is 48.7 Å². The average Bonchev–Trinajstić information content (AvgIpc) is 3.32. The van der Waals surface area contributed by atoms with E-state index in [-0.39, 0.29) is 29.8 Å². The fraction of sp³-hybridized carbons (Fsp3) is 0.304. The first-order chi connectivity index (χ1) is 16.1. The van der Waals surface area contributed by atoms with E-state index in [1.54, 1.807) is 18.3 Å². The smallest absolute Gasteiger partial charge is 0.273 e. The van der Waals surface area contributed by atoms with Crippen LogP contribution in [0.1, 0.15) is 26.4 Å². The van der Waals surface area contributed by atoms with Crippen molar-refractivity contribution in [3.63, 3.8) is 0 Å². The van der Waals surface area contributed by atoms with Crippen molar-refractivity contribution in [3.8, 4) is 17.2 Å². The number of hydrogen-bond acceptors (Lipinski definition) is 7. The zero-order valence-electron chi connectivity index (χ0n) is 18.8. The summed E-state index contributed by atoms with van der Waals surface area (Å²) in [4.78, 5) is 24.9. The first kappa shape index (κ1) is 23.6. The van der Waals surface area contributed by atoms with Crippen molar-refractivity contribution in [2.24, 2.45) is 0 Å². The molecule has 2 amide bonds. The summed E-state index contributed by atoms with van der Waals surface area (Å²) in [5, 5.41) is 13.5. The molecule has 0 unspecified atom stereocenters. The summed E-state index contributed by atoms with van der Waals surface area (Å²) in [5.41, 5.74) is 1.67. The van der Waals surface area contributed by atoms with Gasteiger partial charge < -0.3 is 24.8 Å². The first-order valence-corrected chi connectivity index (χ1v) is 10.4. The number of amides is 2. The summed E-state index contributed by atoms with van der Waals surface area (Å²) in [6.45, 7) is 1.11. The topological polar surface area (TPSA) is 117 Å². The van der Waals surface area contributed by atoms with Gasteiger partial charge >= 0.3 is 0 Å². The molecule has 0 fully saturated rings. The lowest BCUT2D eigenvalue weighted by Gasteiger charge is -2.15. The highest BCUT2D eigenvalue weighted by molar-refractivity contribution is 5.98. The van der Waals surface area contributed by atoms with Crippen LogP contribution < -0.4 is 24.8 Å². The van der Waals surface area contributed by atoms with E-state index in [4.69, 9.17) is 14.2 Å². The summed E-state index contributed by atoms with van der Waals surface area (Å²) in [5.74, 6) is 0.447. The molecular weight excluding hydrogens is 426 g/mol. The third-order valence-corrected chi connectivity index (χ3v) is 4.89. The van der Waals surface area contributed by atoms with Gasteiger partial charge in [0.2, 0.25) is 5.75 Å². The van der Waals surface area contributed by atoms with Crippen LogP contribution in [0, 0.1) is 0 Å². The fourth-order valence-corrected chi connectivity index (χ4v) is 3.23. The number of benzene rings is 2. The zero-order valence-corrected chi connectivity index (χ0v) is 18.8. The standard InChI is InChI=1S/C23H27N5O5/c1-31-19-10-9-17(20(32-2)21(19)33-3)22(29)25-13-14-28-15-18(26-27-28)23(30)24-12-11-16-7-5-4-6-8-16/h4-10,15H,11-14H2,1-3H3,(H,24,30)(H,25,29). The van der Waals surface area contributed by atoms with Crippen LogP contribution in [-0.2, 0) is 13.0 Å². The maximum Gasteiger partial charge on any atom is 0.273 e. The van der Waals surface area contributed by atoms with Crippen molar-refractivity contribution in [1.82, 2.24) is 25.6 Å². The van der Waals surface area contributed by atoms with E-state index in [9.17, 15) is 9.59 Å². The second-order valence-electron chi connectivity index (χ2n) is 7.00. The number of nitrogens with zero attached hydrogens (tertiary/aromatic N) is 3. The molecule has 33 heavy (non-hydrogen) atoms. The zero-order chi connectivity index (χ0) is 23.6. The van der Waals surface area contributed by atoms with Crippen molar-refractivity contribution < 1.29 is 23.8 Å². The van der Waals surface area contributed by atoms with E-state index in [0.29, 0.717) is 30.2 Å². The summed E-state index contributed by atoms with van der Waals surface area (Å²) >= 11 is 0. The lowest BCUT2D eigenvalue weighted by Crippen LogP contribution is -2.28. The number of ether oxygens (including phenoxy) is 3. The number of carbonyl (C=O) groups excluding carboxylic acids is 2. The van der Waals surface area contributed by atoms with Gasteiger partial charge in [-0.05, 0) is 24.1 Å². The molecule has 2 aromatic carbocycles. The molecule has 3 rings (SSSR count). The second-order valence-corrected chi connectivity index (χ2v) is 7.00. The SMILES string of the molecule is COc1ccc(C(=O)NCCn2cc(C(=O)NCCc3ccccc3)nn2)c(OC)c1OC. The Kier molecular flexibility index (Phi) is 8.23. The predicted molar refractivity (Wildman–Crippen MR) is 121 cm³/mol. The van der Waals surface area contributed by atoms with Gasteiger partial charge in [0.1, 0.15) is 0 Å². The normalized spacial score (nSPS) is 10.4. The Balaban J connectivity index is 1.50. The average molecular weight is 453 g/mol. The lowest BCUT2D eigenvalue weighted by molar-refractivity contribution is 0.0939. The van der Waals surface area contributed by atoms with Gasteiger partial charge in [-0.1, -0.05) is 35.5 Å². The first-order valence-electron chi connectivity index (χ1n) is 10.4. The Bertz CT molecular complexity index is 1080. The fourth-order valence-electron chi connectivity index (χ4n) is 3.23. The molecular formula is C23H27N5O5. The summed E-state index contributed by atoms with van der Waals surface area (Å²) in [7, 11) is 4.44. The Hall–Kier alpha value is -4.08. The highest BCUT2D eigenvalue weighted by Gasteiger charge is 2.20. The van der Waals surface area contributed by atoms with Gasteiger partial charge in [0.15, 0.2) is 17.2 Å². The van der Waals surface area contributed by atoms with Crippen molar-refractivity contribution in [2.75, 3.05) is 34.4 Å². The molecule has 10 nitrogen and oxygen atoms in total. The quantitative estimate of drug-likeness (QED) is 0.454. The van der Waals surface area contributed by atoms with Crippen LogP contribution in [0.3, 0.4) is 0 Å². The Morgan fingerprint density at radius 3 is 2.30 bits per heavy atom. The summed E-state index contributed by atoms with van der Waals surface area (Å²) < 4.78 is 17.4. The minimum Gasteiger partial charge on any atom is -0.493 e. The van der Waals surface area contributed by atoms with E-state index in [0.717, 1.165) is 12.0 Å². The van der Waals surface area contributed by atoms with Gasteiger partial charge in [0.25, 0.3) is 11.8 Å². The van der Waals surface area contributed by atoms with Crippen LogP contribution >= 0.6 is 0 Å². The Morgan fingerprint density at radius 2 is 1.61 bits per heavy atom. The number of rotatable bonds is 11. The van der Waals surface area contributed by atoms with E-state index in [2.05, 4.69) is 20.9 Å². The van der Waals surface area contributed by atoms with Gasteiger partial charge in [-0.3, -0.25) is 9.59 Å². The van der Waals surface area contributed by atoms with Crippen LogP contribution in [0.4, 0.5) is 0 Å². The molecule has 0 aliphatic carbocycles. The molecule has 0 bridgehead atoms. The molecule has 0 radical (unpaired) electrons. The molecule has 1 aromatic heterocycles. The minimum atomic E-state index is -0.341. The third-order valence-electron chi connectivity index (χ3n) is 4.89. The van der Waals surface area contributed by atoms with E-state index in [1.165, 1.54) is 26.0 Å². The largest absolute Gasteiger partial charge is 0.493 e. The van der Waals surface area contributed by atoms with Crippen LogP contribution in [-0.4, -0.2) is 61.2 Å². The molecule has 1 heterocycles. The van der Waals surface area contributed by atoms with Gasteiger partial charge in [0.05, 0.1) is 39.6 Å². The highest BCUT2D eigenvalue weighted by atomic mass is 16.5. The summed E-state index contributed by atoms with van der Waals surface area (Å²) in [6.07, 6.45) is 2.27.